The lowest BCUT2D eigenvalue weighted by Gasteiger charge is -2.39. The summed E-state index contributed by atoms with van der Waals surface area (Å²) in [5.74, 6) is -0.280. The highest BCUT2D eigenvalue weighted by molar-refractivity contribution is 5.96. The highest BCUT2D eigenvalue weighted by atomic mass is 19.1. The van der Waals surface area contributed by atoms with Gasteiger partial charge in [-0.25, -0.2) is 4.39 Å². The molecule has 3 rings (SSSR count). The van der Waals surface area contributed by atoms with Crippen molar-refractivity contribution in [2.75, 3.05) is 19.6 Å². The molecule has 0 atom stereocenters. The molecule has 1 heterocycles. The number of carbonyl (C=O) groups is 1. The first-order chi connectivity index (χ1) is 10.2. The van der Waals surface area contributed by atoms with Crippen LogP contribution in [0.25, 0.3) is 0 Å². The van der Waals surface area contributed by atoms with E-state index in [1.54, 1.807) is 12.1 Å². The molecule has 1 aromatic carbocycles. The van der Waals surface area contributed by atoms with Crippen molar-refractivity contribution in [1.82, 2.24) is 4.90 Å². The molecule has 1 aliphatic heterocycles. The van der Waals surface area contributed by atoms with Gasteiger partial charge in [0, 0.05) is 18.5 Å². The van der Waals surface area contributed by atoms with E-state index >= 15 is 0 Å². The molecule has 2 aliphatic rings. The lowest BCUT2D eigenvalue weighted by Crippen LogP contribution is -2.39. The monoisotopic (exact) mass is 289 g/mol. The number of hydrogen-bond acceptors (Lipinski definition) is 2. The molecule has 1 aromatic rings. The Bertz CT molecular complexity index is 498. The van der Waals surface area contributed by atoms with Crippen molar-refractivity contribution in [3.63, 3.8) is 0 Å². The molecular formula is C18H24FNO. The summed E-state index contributed by atoms with van der Waals surface area (Å²) < 4.78 is 13.1. The number of Topliss-reactive ketones (excluding diaryl/α,β-unsaturated/α-hetero) is 1. The van der Waals surface area contributed by atoms with Crippen LogP contribution in [-0.2, 0) is 0 Å². The van der Waals surface area contributed by atoms with Crippen LogP contribution >= 0.6 is 0 Å². The lowest BCUT2D eigenvalue weighted by atomic mass is 9.77. The van der Waals surface area contributed by atoms with E-state index in [0.29, 0.717) is 17.4 Å². The second kappa shape index (κ2) is 6.27. The number of ketones is 1. The van der Waals surface area contributed by atoms with E-state index in [4.69, 9.17) is 0 Å². The van der Waals surface area contributed by atoms with Gasteiger partial charge in [0.1, 0.15) is 5.82 Å². The van der Waals surface area contributed by atoms with Gasteiger partial charge >= 0.3 is 0 Å². The maximum absolute atomic E-state index is 13.1. The second-order valence-electron chi connectivity index (χ2n) is 6.73. The summed E-state index contributed by atoms with van der Waals surface area (Å²) in [6, 6.07) is 6.02. The molecular weight excluding hydrogens is 265 g/mol. The van der Waals surface area contributed by atoms with E-state index < -0.39 is 0 Å². The summed E-state index contributed by atoms with van der Waals surface area (Å²) in [6.45, 7) is 3.05. The maximum Gasteiger partial charge on any atom is 0.164 e. The Labute approximate surface area is 126 Å². The van der Waals surface area contributed by atoms with Gasteiger partial charge < -0.3 is 4.90 Å². The summed E-state index contributed by atoms with van der Waals surface area (Å²) >= 11 is 0. The van der Waals surface area contributed by atoms with Crippen molar-refractivity contribution in [3.8, 4) is 0 Å². The fourth-order valence-electron chi connectivity index (χ4n) is 3.94. The van der Waals surface area contributed by atoms with Crippen LogP contribution in [0.2, 0.25) is 0 Å². The SMILES string of the molecule is O=C(CCN1CCC2(CCCC2)CC1)c1cccc(F)c1. The van der Waals surface area contributed by atoms with Crippen molar-refractivity contribution in [3.05, 3.63) is 35.6 Å². The zero-order valence-electron chi connectivity index (χ0n) is 12.6. The topological polar surface area (TPSA) is 20.3 Å². The number of piperidine rings is 1. The summed E-state index contributed by atoms with van der Waals surface area (Å²) in [7, 11) is 0. The number of hydrogen-bond donors (Lipinski definition) is 0. The molecule has 0 amide bonds. The van der Waals surface area contributed by atoms with Crippen molar-refractivity contribution in [2.24, 2.45) is 5.41 Å². The van der Waals surface area contributed by atoms with Crippen LogP contribution in [-0.4, -0.2) is 30.3 Å². The first kappa shape index (κ1) is 14.7. The quantitative estimate of drug-likeness (QED) is 0.779. The molecule has 2 fully saturated rings. The predicted molar refractivity (Wildman–Crippen MR) is 81.9 cm³/mol. The summed E-state index contributed by atoms with van der Waals surface area (Å²) in [5.41, 5.74) is 1.13. The Kier molecular flexibility index (Phi) is 4.39. The van der Waals surface area contributed by atoms with Gasteiger partial charge in [0.05, 0.1) is 0 Å². The Morgan fingerprint density at radius 2 is 1.86 bits per heavy atom. The van der Waals surface area contributed by atoms with Gasteiger partial charge in [0.2, 0.25) is 0 Å². The third kappa shape index (κ3) is 3.52. The van der Waals surface area contributed by atoms with Crippen molar-refractivity contribution < 1.29 is 9.18 Å². The van der Waals surface area contributed by atoms with Crippen molar-refractivity contribution >= 4 is 5.78 Å². The van der Waals surface area contributed by atoms with E-state index in [1.807, 2.05) is 0 Å². The number of likely N-dealkylation sites (tertiary alicyclic amines) is 1. The smallest absolute Gasteiger partial charge is 0.164 e. The number of benzene rings is 1. The molecule has 1 saturated carbocycles. The Morgan fingerprint density at radius 1 is 1.14 bits per heavy atom. The van der Waals surface area contributed by atoms with Crippen LogP contribution in [0.4, 0.5) is 4.39 Å². The highest BCUT2D eigenvalue weighted by Gasteiger charge is 2.36. The van der Waals surface area contributed by atoms with Gasteiger partial charge in [-0.05, 0) is 56.3 Å². The van der Waals surface area contributed by atoms with Gasteiger partial charge in [0.15, 0.2) is 5.78 Å². The highest BCUT2D eigenvalue weighted by Crippen LogP contribution is 2.46. The number of nitrogens with zero attached hydrogens (tertiary/aromatic N) is 1. The van der Waals surface area contributed by atoms with Crippen LogP contribution in [0.15, 0.2) is 24.3 Å². The third-order valence-corrected chi connectivity index (χ3v) is 5.38. The zero-order chi connectivity index (χ0) is 14.7. The number of carbonyl (C=O) groups excluding carboxylic acids is 1. The Hall–Kier alpha value is -1.22. The fraction of sp³-hybridized carbons (Fsp3) is 0.611. The predicted octanol–water partition coefficient (Wildman–Crippen LogP) is 4.05. The molecule has 3 heteroatoms. The molecule has 114 valence electrons. The molecule has 0 N–H and O–H groups in total. The summed E-state index contributed by atoms with van der Waals surface area (Å²) in [6.07, 6.45) is 8.70. The molecule has 2 nitrogen and oxygen atoms in total. The molecule has 0 radical (unpaired) electrons. The van der Waals surface area contributed by atoms with Crippen molar-refractivity contribution in [2.45, 2.75) is 44.9 Å². The van der Waals surface area contributed by atoms with Gasteiger partial charge in [-0.2, -0.15) is 0 Å². The average molecular weight is 289 g/mol. The van der Waals surface area contributed by atoms with Crippen LogP contribution in [0.1, 0.15) is 55.3 Å². The Balaban J connectivity index is 1.47. The molecule has 0 aromatic heterocycles. The summed E-state index contributed by atoms with van der Waals surface area (Å²) in [5, 5.41) is 0. The first-order valence-corrected chi connectivity index (χ1v) is 8.18. The molecule has 21 heavy (non-hydrogen) atoms. The average Bonchev–Trinajstić information content (AvgIpc) is 2.95. The molecule has 0 unspecified atom stereocenters. The minimum absolute atomic E-state index is 0.0515. The van der Waals surface area contributed by atoms with Gasteiger partial charge in [-0.15, -0.1) is 0 Å². The molecule has 1 aliphatic carbocycles. The van der Waals surface area contributed by atoms with E-state index in [9.17, 15) is 9.18 Å². The second-order valence-corrected chi connectivity index (χ2v) is 6.73. The molecule has 0 bridgehead atoms. The maximum atomic E-state index is 13.1. The standard InChI is InChI=1S/C18H24FNO/c19-16-5-3-4-15(14-16)17(21)6-11-20-12-9-18(10-13-20)7-1-2-8-18/h3-5,14H,1-2,6-13H2. The molecule has 1 saturated heterocycles. The first-order valence-electron chi connectivity index (χ1n) is 8.18. The van der Waals surface area contributed by atoms with Crippen LogP contribution < -0.4 is 0 Å². The number of halogens is 1. The van der Waals surface area contributed by atoms with Crippen LogP contribution in [0.5, 0.6) is 0 Å². The van der Waals surface area contributed by atoms with E-state index in [1.165, 1.54) is 50.7 Å². The zero-order valence-corrected chi connectivity index (χ0v) is 12.6. The van der Waals surface area contributed by atoms with Gasteiger partial charge in [-0.1, -0.05) is 25.0 Å². The third-order valence-electron chi connectivity index (χ3n) is 5.38. The van der Waals surface area contributed by atoms with E-state index in [-0.39, 0.29) is 11.6 Å². The van der Waals surface area contributed by atoms with Crippen LogP contribution in [0, 0.1) is 11.2 Å². The fourth-order valence-corrected chi connectivity index (χ4v) is 3.94. The minimum Gasteiger partial charge on any atom is -0.303 e. The largest absolute Gasteiger partial charge is 0.303 e. The van der Waals surface area contributed by atoms with Gasteiger partial charge in [-0.3, -0.25) is 4.79 Å². The Morgan fingerprint density at radius 3 is 2.52 bits per heavy atom. The van der Waals surface area contributed by atoms with E-state index in [0.717, 1.165) is 19.6 Å². The van der Waals surface area contributed by atoms with Gasteiger partial charge in [0.25, 0.3) is 0 Å². The minimum atomic E-state index is -0.331. The molecule has 1 spiro atoms. The number of rotatable bonds is 4. The normalized spacial score (nSPS) is 21.8. The van der Waals surface area contributed by atoms with E-state index in [2.05, 4.69) is 4.90 Å². The van der Waals surface area contributed by atoms with Crippen LogP contribution in [0.3, 0.4) is 0 Å². The van der Waals surface area contributed by atoms with Crippen molar-refractivity contribution in [1.29, 1.82) is 0 Å². The lowest BCUT2D eigenvalue weighted by molar-refractivity contribution is 0.0887. The summed E-state index contributed by atoms with van der Waals surface area (Å²) in [4.78, 5) is 14.5.